The van der Waals surface area contributed by atoms with Gasteiger partial charge in [-0.2, -0.15) is 0 Å². The van der Waals surface area contributed by atoms with Crippen LogP contribution in [-0.4, -0.2) is 25.5 Å². The number of nitrogens with two attached hydrogens (primary N) is 1. The highest BCUT2D eigenvalue weighted by molar-refractivity contribution is 7.90. The van der Waals surface area contributed by atoms with Crippen LogP contribution in [0.1, 0.15) is 0 Å². The predicted octanol–water partition coefficient (Wildman–Crippen LogP) is 2.87. The molecular weight excluding hydrogens is 336 g/mol. The molecule has 0 aliphatic heterocycles. The minimum absolute atomic E-state index is 0.135. The van der Waals surface area contributed by atoms with Crippen LogP contribution in [0, 0.1) is 0 Å². The minimum Gasteiger partial charge on any atom is -0.492 e. The van der Waals surface area contributed by atoms with Crippen LogP contribution in [0.4, 0.5) is 0 Å². The Morgan fingerprint density at radius 3 is 2.65 bits per heavy atom. The second kappa shape index (κ2) is 6.23. The molecule has 3 rings (SSSR count). The summed E-state index contributed by atoms with van der Waals surface area (Å²) in [6.07, 6.45) is 1.51. The lowest BCUT2D eigenvalue weighted by atomic mass is 10.2. The Hall–Kier alpha value is -2.02. The second-order valence-corrected chi connectivity index (χ2v) is 7.15. The van der Waals surface area contributed by atoms with Crippen molar-refractivity contribution in [1.29, 1.82) is 0 Å². The van der Waals surface area contributed by atoms with E-state index >= 15 is 0 Å². The molecule has 0 fully saturated rings. The van der Waals surface area contributed by atoms with Gasteiger partial charge in [-0.25, -0.2) is 12.4 Å². The number of rotatable bonds is 5. The number of benzene rings is 2. The molecule has 0 spiro atoms. The zero-order valence-corrected chi connectivity index (χ0v) is 13.7. The van der Waals surface area contributed by atoms with Crippen LogP contribution in [0.15, 0.2) is 59.6 Å². The molecule has 0 atom stereocenters. The van der Waals surface area contributed by atoms with E-state index in [0.29, 0.717) is 34.8 Å². The predicted molar refractivity (Wildman–Crippen MR) is 90.5 cm³/mol. The lowest BCUT2D eigenvalue weighted by Gasteiger charge is -2.09. The summed E-state index contributed by atoms with van der Waals surface area (Å²) in [5, 5.41) is 1.08. The largest absolute Gasteiger partial charge is 0.492 e. The van der Waals surface area contributed by atoms with Gasteiger partial charge in [-0.15, -0.1) is 0 Å². The van der Waals surface area contributed by atoms with Gasteiger partial charge in [0.2, 0.25) is 0 Å². The van der Waals surface area contributed by atoms with Crippen molar-refractivity contribution in [3.05, 3.63) is 59.8 Å². The van der Waals surface area contributed by atoms with Gasteiger partial charge >= 0.3 is 0 Å². The molecule has 7 heteroatoms. The van der Waals surface area contributed by atoms with Gasteiger partial charge in [-0.3, -0.25) is 0 Å². The highest BCUT2D eigenvalue weighted by Gasteiger charge is 2.20. The number of fused-ring (bicyclic) bond motifs is 1. The van der Waals surface area contributed by atoms with Crippen molar-refractivity contribution in [3.8, 4) is 5.75 Å². The molecule has 1 heterocycles. The first kappa shape index (κ1) is 15.9. The summed E-state index contributed by atoms with van der Waals surface area (Å²) >= 11 is 5.91. The molecule has 0 bridgehead atoms. The maximum Gasteiger partial charge on any atom is 0.268 e. The highest BCUT2D eigenvalue weighted by Crippen LogP contribution is 2.29. The molecule has 0 saturated heterocycles. The summed E-state index contributed by atoms with van der Waals surface area (Å²) in [6, 6.07) is 13.2. The number of hydrogen-bond donors (Lipinski definition) is 1. The number of nitrogens with zero attached hydrogens (tertiary/aromatic N) is 1. The fourth-order valence-corrected chi connectivity index (χ4v) is 4.01. The third kappa shape index (κ3) is 2.93. The Kier molecular flexibility index (Phi) is 4.30. The summed E-state index contributed by atoms with van der Waals surface area (Å²) in [4.78, 5) is 0.135. The third-order valence-corrected chi connectivity index (χ3v) is 5.31. The molecule has 23 heavy (non-hydrogen) atoms. The Morgan fingerprint density at radius 1 is 1.13 bits per heavy atom. The quantitative estimate of drug-likeness (QED) is 0.767. The average Bonchev–Trinajstić information content (AvgIpc) is 2.98. The van der Waals surface area contributed by atoms with Crippen LogP contribution >= 0.6 is 11.6 Å². The molecular formula is C16H15ClN2O3S. The van der Waals surface area contributed by atoms with Gasteiger partial charge in [0.1, 0.15) is 12.4 Å². The third-order valence-electron chi connectivity index (χ3n) is 3.39. The van der Waals surface area contributed by atoms with E-state index in [2.05, 4.69) is 0 Å². The normalized spacial score (nSPS) is 11.7. The van der Waals surface area contributed by atoms with E-state index in [9.17, 15) is 8.42 Å². The van der Waals surface area contributed by atoms with Crippen molar-refractivity contribution in [2.45, 2.75) is 4.90 Å². The fourth-order valence-electron chi connectivity index (χ4n) is 2.36. The molecule has 120 valence electrons. The van der Waals surface area contributed by atoms with Gasteiger partial charge in [0.05, 0.1) is 10.4 Å². The summed E-state index contributed by atoms with van der Waals surface area (Å²) < 4.78 is 32.5. The van der Waals surface area contributed by atoms with E-state index < -0.39 is 10.0 Å². The molecule has 0 saturated carbocycles. The second-order valence-electron chi connectivity index (χ2n) is 4.90. The molecule has 3 aromatic rings. The average molecular weight is 351 g/mol. The lowest BCUT2D eigenvalue weighted by Crippen LogP contribution is -2.12. The van der Waals surface area contributed by atoms with Crippen LogP contribution in [0.5, 0.6) is 5.75 Å². The van der Waals surface area contributed by atoms with E-state index in [1.165, 1.54) is 22.3 Å². The molecule has 0 amide bonds. The van der Waals surface area contributed by atoms with Crippen LogP contribution in [0.2, 0.25) is 5.02 Å². The maximum atomic E-state index is 12.8. The Balaban J connectivity index is 2.13. The number of halogens is 1. The van der Waals surface area contributed by atoms with Crippen LogP contribution < -0.4 is 10.5 Å². The highest BCUT2D eigenvalue weighted by atomic mass is 35.5. The van der Waals surface area contributed by atoms with Crippen molar-refractivity contribution in [2.24, 2.45) is 5.73 Å². The number of ether oxygens (including phenoxy) is 1. The van der Waals surface area contributed by atoms with Crippen molar-refractivity contribution in [3.63, 3.8) is 0 Å². The zero-order valence-electron chi connectivity index (χ0n) is 12.1. The topological polar surface area (TPSA) is 74.3 Å². The summed E-state index contributed by atoms with van der Waals surface area (Å²) in [5.41, 5.74) is 5.99. The van der Waals surface area contributed by atoms with Gasteiger partial charge in [0.25, 0.3) is 10.0 Å². The monoisotopic (exact) mass is 350 g/mol. The van der Waals surface area contributed by atoms with E-state index in [4.69, 9.17) is 22.1 Å². The molecule has 0 unspecified atom stereocenters. The Morgan fingerprint density at radius 2 is 1.91 bits per heavy atom. The van der Waals surface area contributed by atoms with Crippen molar-refractivity contribution in [2.75, 3.05) is 13.2 Å². The molecule has 2 N–H and O–H groups in total. The molecule has 0 radical (unpaired) electrons. The van der Waals surface area contributed by atoms with Crippen LogP contribution in [0.3, 0.4) is 0 Å². The Bertz CT molecular complexity index is 951. The van der Waals surface area contributed by atoms with Gasteiger partial charge in [0, 0.05) is 23.2 Å². The van der Waals surface area contributed by atoms with Gasteiger partial charge in [-0.05, 0) is 36.4 Å². The maximum absolute atomic E-state index is 12.8. The molecule has 1 aromatic heterocycles. The molecule has 0 aliphatic carbocycles. The molecule has 5 nitrogen and oxygen atoms in total. The van der Waals surface area contributed by atoms with E-state index in [0.717, 1.165) is 0 Å². The van der Waals surface area contributed by atoms with Crippen molar-refractivity contribution >= 4 is 32.5 Å². The van der Waals surface area contributed by atoms with E-state index in [-0.39, 0.29) is 4.90 Å². The van der Waals surface area contributed by atoms with Crippen LogP contribution in [-0.2, 0) is 10.0 Å². The summed E-state index contributed by atoms with van der Waals surface area (Å²) in [7, 11) is -3.73. The van der Waals surface area contributed by atoms with E-state index in [1.807, 2.05) is 0 Å². The van der Waals surface area contributed by atoms with Gasteiger partial charge < -0.3 is 10.5 Å². The first-order valence-electron chi connectivity index (χ1n) is 6.98. The number of hydrogen-bond acceptors (Lipinski definition) is 4. The summed E-state index contributed by atoms with van der Waals surface area (Å²) in [6.45, 7) is 0.753. The molecule has 2 aromatic carbocycles. The molecule has 0 aliphatic rings. The van der Waals surface area contributed by atoms with Crippen molar-refractivity contribution < 1.29 is 13.2 Å². The minimum atomic E-state index is -3.73. The van der Waals surface area contributed by atoms with Gasteiger partial charge in [-0.1, -0.05) is 23.7 Å². The van der Waals surface area contributed by atoms with E-state index in [1.54, 1.807) is 36.4 Å². The number of aromatic nitrogens is 1. The first-order valence-corrected chi connectivity index (χ1v) is 8.80. The first-order chi connectivity index (χ1) is 11.0. The summed E-state index contributed by atoms with van der Waals surface area (Å²) in [5.74, 6) is 0.605. The standard InChI is InChI=1S/C16H15ClN2O3S/c17-12-3-1-4-13(11-12)23(20,21)19-9-7-14-15(19)5-2-6-16(14)22-10-8-18/h1-7,9,11H,8,10,18H2. The van der Waals surface area contributed by atoms with Crippen LogP contribution in [0.25, 0.3) is 10.9 Å². The Labute approximate surface area is 139 Å². The smallest absolute Gasteiger partial charge is 0.268 e. The van der Waals surface area contributed by atoms with Gasteiger partial charge in [0.15, 0.2) is 0 Å². The van der Waals surface area contributed by atoms with Crippen molar-refractivity contribution in [1.82, 2.24) is 3.97 Å². The SMILES string of the molecule is NCCOc1cccc2c1ccn2S(=O)(=O)c1cccc(Cl)c1. The lowest BCUT2D eigenvalue weighted by molar-refractivity contribution is 0.332. The zero-order chi connectivity index (χ0) is 16.4. The fraction of sp³-hybridized carbons (Fsp3) is 0.125.